The highest BCUT2D eigenvalue weighted by molar-refractivity contribution is 6.36. The van der Waals surface area contributed by atoms with Crippen molar-refractivity contribution in [2.24, 2.45) is 5.16 Å². The van der Waals surface area contributed by atoms with Crippen LogP contribution in [0.5, 0.6) is 0 Å². The highest BCUT2D eigenvalue weighted by atomic mass is 16.5. The van der Waals surface area contributed by atoms with Crippen LogP contribution < -0.4 is 0 Å². The monoisotopic (exact) mass is 243 g/mol. The largest absolute Gasteiger partial charge is 0.458 e. The molecular weight excluding hydrogens is 218 g/mol. The van der Waals surface area contributed by atoms with Gasteiger partial charge in [-0.15, -0.1) is 0 Å². The zero-order valence-electron chi connectivity index (χ0n) is 11.2. The maximum absolute atomic E-state index is 11.4. The number of unbranched alkanes of at least 4 members (excludes halogenated alkanes) is 5. The summed E-state index contributed by atoms with van der Waals surface area (Å²) in [5.41, 5.74) is 0.134. The second kappa shape index (κ2) is 10.1. The van der Waals surface area contributed by atoms with Crippen LogP contribution in [-0.2, 0) is 9.53 Å². The van der Waals surface area contributed by atoms with Crippen LogP contribution in [0.15, 0.2) is 5.16 Å². The van der Waals surface area contributed by atoms with E-state index in [0.717, 1.165) is 12.8 Å². The van der Waals surface area contributed by atoms with Gasteiger partial charge in [0.25, 0.3) is 0 Å². The molecule has 0 atom stereocenters. The minimum Gasteiger partial charge on any atom is -0.458 e. The van der Waals surface area contributed by atoms with Gasteiger partial charge in [-0.05, 0) is 20.3 Å². The lowest BCUT2D eigenvalue weighted by Crippen LogP contribution is -2.21. The summed E-state index contributed by atoms with van der Waals surface area (Å²) in [7, 11) is 0. The number of carbonyl (C=O) groups excluding carboxylic acids is 1. The number of carbonyl (C=O) groups is 1. The van der Waals surface area contributed by atoms with Gasteiger partial charge in [-0.3, -0.25) is 0 Å². The van der Waals surface area contributed by atoms with Crippen molar-refractivity contribution in [3.05, 3.63) is 0 Å². The SMILES string of the molecule is CCCCCCCCC(=NO)C(=O)OC(C)C. The highest BCUT2D eigenvalue weighted by Gasteiger charge is 2.14. The Labute approximate surface area is 104 Å². The first kappa shape index (κ1) is 15.9. The van der Waals surface area contributed by atoms with Crippen LogP contribution in [0.25, 0.3) is 0 Å². The molecule has 0 heterocycles. The van der Waals surface area contributed by atoms with Gasteiger partial charge in [0.1, 0.15) is 0 Å². The maximum atomic E-state index is 11.4. The Kier molecular flexibility index (Phi) is 9.49. The Morgan fingerprint density at radius 2 is 1.76 bits per heavy atom. The van der Waals surface area contributed by atoms with Crippen LogP contribution in [0.2, 0.25) is 0 Å². The van der Waals surface area contributed by atoms with E-state index >= 15 is 0 Å². The summed E-state index contributed by atoms with van der Waals surface area (Å²) in [6.45, 7) is 5.73. The topological polar surface area (TPSA) is 58.9 Å². The van der Waals surface area contributed by atoms with E-state index in [0.29, 0.717) is 6.42 Å². The van der Waals surface area contributed by atoms with E-state index in [1.807, 2.05) is 0 Å². The molecular formula is C13H25NO3. The van der Waals surface area contributed by atoms with Gasteiger partial charge in [0.15, 0.2) is 5.71 Å². The predicted octanol–water partition coefficient (Wildman–Crippen LogP) is 3.52. The Balaban J connectivity index is 3.72. The van der Waals surface area contributed by atoms with E-state index in [-0.39, 0.29) is 11.8 Å². The van der Waals surface area contributed by atoms with Gasteiger partial charge < -0.3 is 9.94 Å². The molecule has 100 valence electrons. The number of hydrogen-bond donors (Lipinski definition) is 1. The van der Waals surface area contributed by atoms with Crippen molar-refractivity contribution >= 4 is 11.7 Å². The zero-order chi connectivity index (χ0) is 13.1. The number of nitrogens with zero attached hydrogens (tertiary/aromatic N) is 1. The number of hydrogen-bond acceptors (Lipinski definition) is 4. The Bertz CT molecular complexity index is 237. The Morgan fingerprint density at radius 1 is 1.18 bits per heavy atom. The van der Waals surface area contributed by atoms with Crippen molar-refractivity contribution in [3.63, 3.8) is 0 Å². The molecule has 0 radical (unpaired) electrons. The molecule has 0 saturated heterocycles. The summed E-state index contributed by atoms with van der Waals surface area (Å²) in [6.07, 6.45) is 7.15. The third kappa shape index (κ3) is 8.72. The van der Waals surface area contributed by atoms with E-state index in [2.05, 4.69) is 12.1 Å². The summed E-state index contributed by atoms with van der Waals surface area (Å²) >= 11 is 0. The molecule has 0 aromatic rings. The van der Waals surface area contributed by atoms with E-state index < -0.39 is 5.97 Å². The quantitative estimate of drug-likeness (QED) is 0.221. The van der Waals surface area contributed by atoms with Gasteiger partial charge in [-0.1, -0.05) is 44.2 Å². The molecule has 0 aliphatic heterocycles. The third-order valence-corrected chi connectivity index (χ3v) is 2.47. The normalized spacial score (nSPS) is 11.9. The van der Waals surface area contributed by atoms with Gasteiger partial charge in [-0.2, -0.15) is 0 Å². The highest BCUT2D eigenvalue weighted by Crippen LogP contribution is 2.08. The van der Waals surface area contributed by atoms with Crippen molar-refractivity contribution in [2.45, 2.75) is 71.8 Å². The molecule has 4 nitrogen and oxygen atoms in total. The van der Waals surface area contributed by atoms with Crippen molar-refractivity contribution < 1.29 is 14.7 Å². The lowest BCUT2D eigenvalue weighted by atomic mass is 10.1. The second-order valence-electron chi connectivity index (χ2n) is 4.52. The molecule has 0 aromatic carbocycles. The van der Waals surface area contributed by atoms with Crippen LogP contribution in [0.1, 0.15) is 65.7 Å². The summed E-state index contributed by atoms with van der Waals surface area (Å²) in [5.74, 6) is -0.504. The maximum Gasteiger partial charge on any atom is 0.356 e. The van der Waals surface area contributed by atoms with Gasteiger partial charge >= 0.3 is 5.97 Å². The van der Waals surface area contributed by atoms with Gasteiger partial charge in [0, 0.05) is 6.42 Å². The molecule has 4 heteroatoms. The van der Waals surface area contributed by atoms with E-state index in [4.69, 9.17) is 9.94 Å². The van der Waals surface area contributed by atoms with Crippen LogP contribution in [0, 0.1) is 0 Å². The predicted molar refractivity (Wildman–Crippen MR) is 68.4 cm³/mol. The molecule has 0 rings (SSSR count). The van der Waals surface area contributed by atoms with Crippen LogP contribution in [0.4, 0.5) is 0 Å². The van der Waals surface area contributed by atoms with Crippen LogP contribution in [-0.4, -0.2) is 23.0 Å². The molecule has 0 saturated carbocycles. The van der Waals surface area contributed by atoms with Crippen molar-refractivity contribution in [1.82, 2.24) is 0 Å². The first-order valence-corrected chi connectivity index (χ1v) is 6.53. The average Bonchev–Trinajstić information content (AvgIpc) is 2.27. The third-order valence-electron chi connectivity index (χ3n) is 2.47. The molecule has 0 aliphatic rings. The summed E-state index contributed by atoms with van der Waals surface area (Å²) in [5, 5.41) is 11.8. The van der Waals surface area contributed by atoms with Gasteiger partial charge in [0.2, 0.25) is 0 Å². The average molecular weight is 243 g/mol. The lowest BCUT2D eigenvalue weighted by molar-refractivity contribution is -0.139. The fourth-order valence-electron chi connectivity index (χ4n) is 1.55. The summed E-state index contributed by atoms with van der Waals surface area (Å²) in [6, 6.07) is 0. The smallest absolute Gasteiger partial charge is 0.356 e. The second-order valence-corrected chi connectivity index (χ2v) is 4.52. The number of rotatable bonds is 9. The summed E-state index contributed by atoms with van der Waals surface area (Å²) < 4.78 is 4.97. The minimum absolute atomic E-state index is 0.134. The van der Waals surface area contributed by atoms with E-state index in [1.54, 1.807) is 13.8 Å². The standard InChI is InChI=1S/C13H25NO3/c1-4-5-6-7-8-9-10-12(14-16)13(15)17-11(2)3/h11,16H,4-10H2,1-3H3. The van der Waals surface area contributed by atoms with Crippen molar-refractivity contribution in [3.8, 4) is 0 Å². The minimum atomic E-state index is -0.504. The number of oxime groups is 1. The Hall–Kier alpha value is -1.06. The molecule has 0 spiro atoms. The summed E-state index contributed by atoms with van der Waals surface area (Å²) in [4.78, 5) is 11.4. The molecule has 1 N–H and O–H groups in total. The molecule has 0 aliphatic carbocycles. The van der Waals surface area contributed by atoms with Crippen LogP contribution >= 0.6 is 0 Å². The van der Waals surface area contributed by atoms with Crippen molar-refractivity contribution in [2.75, 3.05) is 0 Å². The fourth-order valence-corrected chi connectivity index (χ4v) is 1.55. The number of ether oxygens (including phenoxy) is 1. The zero-order valence-corrected chi connectivity index (χ0v) is 11.2. The molecule has 0 fully saturated rings. The molecule has 0 bridgehead atoms. The molecule has 0 aromatic heterocycles. The number of esters is 1. The van der Waals surface area contributed by atoms with E-state index in [1.165, 1.54) is 25.7 Å². The first-order valence-electron chi connectivity index (χ1n) is 6.53. The lowest BCUT2D eigenvalue weighted by Gasteiger charge is -2.08. The first-order chi connectivity index (χ1) is 8.11. The Morgan fingerprint density at radius 3 is 2.29 bits per heavy atom. The van der Waals surface area contributed by atoms with Gasteiger partial charge in [0.05, 0.1) is 6.10 Å². The van der Waals surface area contributed by atoms with E-state index in [9.17, 15) is 4.79 Å². The van der Waals surface area contributed by atoms with Gasteiger partial charge in [-0.25, -0.2) is 4.79 Å². The van der Waals surface area contributed by atoms with Crippen molar-refractivity contribution in [1.29, 1.82) is 0 Å². The molecule has 0 unspecified atom stereocenters. The molecule has 0 amide bonds. The fraction of sp³-hybridized carbons (Fsp3) is 0.846. The molecule has 17 heavy (non-hydrogen) atoms. The van der Waals surface area contributed by atoms with Crippen LogP contribution in [0.3, 0.4) is 0 Å².